The van der Waals surface area contributed by atoms with Gasteiger partial charge in [-0.15, -0.1) is 0 Å². The maximum absolute atomic E-state index is 5.55. The Hall–Kier alpha value is -2.99. The fourth-order valence-corrected chi connectivity index (χ4v) is 4.58. The van der Waals surface area contributed by atoms with Gasteiger partial charge in [-0.2, -0.15) is 0 Å². The molecular formula is C23H24N4O2. The molecule has 2 aliphatic rings. The number of hydrogen-bond donors (Lipinski definition) is 0. The maximum atomic E-state index is 5.55. The summed E-state index contributed by atoms with van der Waals surface area (Å²) < 4.78 is 15.6. The molecule has 1 saturated heterocycles. The molecule has 4 aromatic rings. The lowest BCUT2D eigenvalue weighted by molar-refractivity contribution is 0.174. The molecule has 0 unspecified atom stereocenters. The Morgan fingerprint density at radius 3 is 2.59 bits per heavy atom. The van der Waals surface area contributed by atoms with Crippen LogP contribution in [0.1, 0.15) is 19.3 Å². The van der Waals surface area contributed by atoms with Crippen molar-refractivity contribution in [3.63, 3.8) is 0 Å². The molecule has 6 heteroatoms. The van der Waals surface area contributed by atoms with E-state index in [9.17, 15) is 0 Å². The number of rotatable bonds is 4. The van der Waals surface area contributed by atoms with Crippen LogP contribution in [0.2, 0.25) is 0 Å². The summed E-state index contributed by atoms with van der Waals surface area (Å²) in [6, 6.07) is 14.6. The zero-order chi connectivity index (χ0) is 19.2. The number of para-hydroxylation sites is 2. The van der Waals surface area contributed by atoms with Crippen LogP contribution in [0.15, 0.2) is 48.7 Å². The van der Waals surface area contributed by atoms with Crippen LogP contribution in [0.3, 0.4) is 0 Å². The molecule has 2 aromatic heterocycles. The van der Waals surface area contributed by atoms with E-state index in [2.05, 4.69) is 50.4 Å². The van der Waals surface area contributed by atoms with E-state index in [1.807, 2.05) is 12.1 Å². The molecule has 0 atom stereocenters. The highest BCUT2D eigenvalue weighted by atomic mass is 16.7. The molecular weight excluding hydrogens is 364 g/mol. The predicted molar refractivity (Wildman–Crippen MR) is 113 cm³/mol. The van der Waals surface area contributed by atoms with Gasteiger partial charge in [0.2, 0.25) is 12.6 Å². The van der Waals surface area contributed by atoms with Gasteiger partial charge < -0.3 is 18.9 Å². The Labute approximate surface area is 169 Å². The molecule has 2 aliphatic heterocycles. The number of imidazole rings is 2. The van der Waals surface area contributed by atoms with Crippen molar-refractivity contribution in [2.75, 3.05) is 26.4 Å². The number of fused-ring (bicyclic) bond motifs is 4. The number of piperidine rings is 1. The van der Waals surface area contributed by atoms with Gasteiger partial charge in [0.1, 0.15) is 0 Å². The van der Waals surface area contributed by atoms with Crippen molar-refractivity contribution in [1.82, 2.24) is 18.9 Å². The predicted octanol–water partition coefficient (Wildman–Crippen LogP) is 4.17. The van der Waals surface area contributed by atoms with Crippen molar-refractivity contribution >= 4 is 16.8 Å². The van der Waals surface area contributed by atoms with E-state index in [1.54, 1.807) is 0 Å². The van der Waals surface area contributed by atoms with Gasteiger partial charge in [0.15, 0.2) is 11.5 Å². The third-order valence-corrected chi connectivity index (χ3v) is 6.12. The first-order valence-corrected chi connectivity index (χ1v) is 10.5. The van der Waals surface area contributed by atoms with Crippen LogP contribution in [0, 0.1) is 0 Å². The van der Waals surface area contributed by atoms with Crippen LogP contribution in [0.5, 0.6) is 11.5 Å². The summed E-state index contributed by atoms with van der Waals surface area (Å²) in [5.74, 6) is 2.59. The van der Waals surface area contributed by atoms with E-state index in [1.165, 1.54) is 43.4 Å². The molecule has 4 heterocycles. The summed E-state index contributed by atoms with van der Waals surface area (Å²) in [6.07, 6.45) is 6.14. The average Bonchev–Trinajstić information content (AvgIpc) is 3.47. The van der Waals surface area contributed by atoms with Crippen LogP contribution in [-0.2, 0) is 6.54 Å². The summed E-state index contributed by atoms with van der Waals surface area (Å²) in [7, 11) is 0. The molecule has 6 rings (SSSR count). The van der Waals surface area contributed by atoms with E-state index >= 15 is 0 Å². The third kappa shape index (κ3) is 2.86. The zero-order valence-corrected chi connectivity index (χ0v) is 16.4. The van der Waals surface area contributed by atoms with Crippen LogP contribution in [-0.4, -0.2) is 45.3 Å². The molecule has 0 saturated carbocycles. The van der Waals surface area contributed by atoms with Crippen molar-refractivity contribution in [2.45, 2.75) is 25.8 Å². The smallest absolute Gasteiger partial charge is 0.231 e. The SMILES string of the molecule is c1ccc2c(c1)n(CCN1CCCCC1)c1nc(-c3ccc4c(c3)OCO4)cn21. The quantitative estimate of drug-likeness (QED) is 0.526. The Balaban J connectivity index is 1.41. The molecule has 0 bridgehead atoms. The largest absolute Gasteiger partial charge is 0.454 e. The molecule has 0 amide bonds. The second-order valence-corrected chi connectivity index (χ2v) is 7.91. The van der Waals surface area contributed by atoms with Crippen molar-refractivity contribution in [2.24, 2.45) is 0 Å². The molecule has 29 heavy (non-hydrogen) atoms. The first-order valence-electron chi connectivity index (χ1n) is 10.5. The van der Waals surface area contributed by atoms with Gasteiger partial charge in [-0.25, -0.2) is 4.98 Å². The monoisotopic (exact) mass is 388 g/mol. The number of aromatic nitrogens is 3. The summed E-state index contributed by atoms with van der Waals surface area (Å²) in [5.41, 5.74) is 4.44. The highest BCUT2D eigenvalue weighted by Crippen LogP contribution is 2.36. The molecule has 1 fully saturated rings. The minimum atomic E-state index is 0.288. The van der Waals surface area contributed by atoms with Gasteiger partial charge in [0.25, 0.3) is 0 Å². The fourth-order valence-electron chi connectivity index (χ4n) is 4.58. The second kappa shape index (κ2) is 6.81. The zero-order valence-electron chi connectivity index (χ0n) is 16.4. The van der Waals surface area contributed by atoms with Crippen LogP contribution >= 0.6 is 0 Å². The molecule has 0 N–H and O–H groups in total. The van der Waals surface area contributed by atoms with E-state index in [4.69, 9.17) is 14.5 Å². The Bertz CT molecular complexity index is 1190. The topological polar surface area (TPSA) is 43.9 Å². The summed E-state index contributed by atoms with van der Waals surface area (Å²) >= 11 is 0. The number of hydrogen-bond acceptors (Lipinski definition) is 4. The normalized spacial score (nSPS) is 16.8. The standard InChI is InChI=1S/C23H24N4O2/c1-4-10-25(11-5-1)12-13-26-19-6-2-3-7-20(19)27-15-18(24-23(26)27)17-8-9-21-22(14-17)29-16-28-21/h2-3,6-9,14-15H,1,4-5,10-13,16H2. The number of benzene rings is 2. The molecule has 148 valence electrons. The number of likely N-dealkylation sites (tertiary alicyclic amines) is 1. The molecule has 2 aromatic carbocycles. The lowest BCUT2D eigenvalue weighted by atomic mass is 10.1. The first-order chi connectivity index (χ1) is 14.4. The van der Waals surface area contributed by atoms with Crippen molar-refractivity contribution < 1.29 is 9.47 Å². The minimum Gasteiger partial charge on any atom is -0.454 e. The third-order valence-electron chi connectivity index (χ3n) is 6.12. The lowest BCUT2D eigenvalue weighted by Gasteiger charge is -2.26. The Morgan fingerprint density at radius 2 is 1.69 bits per heavy atom. The molecule has 0 spiro atoms. The van der Waals surface area contributed by atoms with Gasteiger partial charge in [0.05, 0.1) is 16.7 Å². The van der Waals surface area contributed by atoms with Crippen LogP contribution in [0.4, 0.5) is 0 Å². The highest BCUT2D eigenvalue weighted by molar-refractivity contribution is 5.82. The maximum Gasteiger partial charge on any atom is 0.231 e. The fraction of sp³-hybridized carbons (Fsp3) is 0.348. The lowest BCUT2D eigenvalue weighted by Crippen LogP contribution is -2.32. The van der Waals surface area contributed by atoms with Gasteiger partial charge in [0, 0.05) is 24.8 Å². The summed E-state index contributed by atoms with van der Waals surface area (Å²) in [6.45, 7) is 4.74. The van der Waals surface area contributed by atoms with Gasteiger partial charge in [-0.3, -0.25) is 4.40 Å². The number of ether oxygens (including phenoxy) is 2. The van der Waals surface area contributed by atoms with Gasteiger partial charge >= 0.3 is 0 Å². The second-order valence-electron chi connectivity index (χ2n) is 7.91. The van der Waals surface area contributed by atoms with Crippen molar-refractivity contribution in [3.8, 4) is 22.8 Å². The van der Waals surface area contributed by atoms with E-state index in [-0.39, 0.29) is 6.79 Å². The average molecular weight is 388 g/mol. The van der Waals surface area contributed by atoms with Crippen LogP contribution < -0.4 is 9.47 Å². The molecule has 0 aliphatic carbocycles. The Morgan fingerprint density at radius 1 is 0.862 bits per heavy atom. The van der Waals surface area contributed by atoms with E-state index < -0.39 is 0 Å². The minimum absolute atomic E-state index is 0.288. The molecule has 0 radical (unpaired) electrons. The molecule has 6 nitrogen and oxygen atoms in total. The van der Waals surface area contributed by atoms with Crippen molar-refractivity contribution in [1.29, 1.82) is 0 Å². The van der Waals surface area contributed by atoms with Gasteiger partial charge in [-0.05, 0) is 56.3 Å². The number of nitrogens with zero attached hydrogens (tertiary/aromatic N) is 4. The summed E-state index contributed by atoms with van der Waals surface area (Å²) in [4.78, 5) is 7.60. The summed E-state index contributed by atoms with van der Waals surface area (Å²) in [5, 5.41) is 0. The van der Waals surface area contributed by atoms with E-state index in [0.29, 0.717) is 0 Å². The van der Waals surface area contributed by atoms with Gasteiger partial charge in [-0.1, -0.05) is 18.6 Å². The van der Waals surface area contributed by atoms with E-state index in [0.717, 1.165) is 41.6 Å². The van der Waals surface area contributed by atoms with Crippen LogP contribution in [0.25, 0.3) is 28.1 Å². The highest BCUT2D eigenvalue weighted by Gasteiger charge is 2.18. The van der Waals surface area contributed by atoms with Crippen molar-refractivity contribution in [3.05, 3.63) is 48.7 Å². The Kier molecular flexibility index (Phi) is 3.97. The first kappa shape index (κ1) is 16.9.